The topological polar surface area (TPSA) is 77.7 Å². The van der Waals surface area contributed by atoms with Gasteiger partial charge in [0.1, 0.15) is 11.5 Å². The van der Waals surface area contributed by atoms with Gasteiger partial charge < -0.3 is 14.9 Å². The average Bonchev–Trinajstić information content (AvgIpc) is 3.29. The summed E-state index contributed by atoms with van der Waals surface area (Å²) >= 11 is 0. The van der Waals surface area contributed by atoms with E-state index >= 15 is 0 Å². The van der Waals surface area contributed by atoms with Gasteiger partial charge in [0.05, 0.1) is 11.0 Å². The monoisotopic (exact) mass is 359 g/mol. The summed E-state index contributed by atoms with van der Waals surface area (Å²) in [7, 11) is 0. The average molecular weight is 359 g/mol. The maximum atomic E-state index is 12.9. The van der Waals surface area contributed by atoms with Crippen LogP contribution in [0.4, 0.5) is 0 Å². The Hall–Kier alpha value is -3.15. The lowest BCUT2D eigenvalue weighted by Gasteiger charge is -2.32. The number of carbonyl (C=O) groups is 1. The predicted octanol–water partition coefficient (Wildman–Crippen LogP) is 3.77. The molecule has 1 saturated heterocycles. The van der Waals surface area contributed by atoms with Crippen molar-refractivity contribution in [1.29, 1.82) is 0 Å². The van der Waals surface area contributed by atoms with E-state index in [0.29, 0.717) is 5.92 Å². The molecule has 1 amide bonds. The van der Waals surface area contributed by atoms with Gasteiger partial charge >= 0.3 is 0 Å². The molecule has 3 aromatic heterocycles. The number of fused-ring (bicyclic) bond motifs is 2. The Morgan fingerprint density at radius 2 is 2.07 bits per heavy atom. The summed E-state index contributed by atoms with van der Waals surface area (Å²) in [4.78, 5) is 30.1. The van der Waals surface area contributed by atoms with E-state index in [4.69, 9.17) is 0 Å². The first kappa shape index (κ1) is 16.1. The molecule has 4 heterocycles. The van der Waals surface area contributed by atoms with Gasteiger partial charge in [-0.15, -0.1) is 0 Å². The Balaban J connectivity index is 1.32. The minimum absolute atomic E-state index is 0.100. The van der Waals surface area contributed by atoms with Crippen LogP contribution in [0.2, 0.25) is 0 Å². The van der Waals surface area contributed by atoms with E-state index < -0.39 is 0 Å². The summed E-state index contributed by atoms with van der Waals surface area (Å²) in [5.41, 5.74) is 4.80. The molecule has 0 radical (unpaired) electrons. The molecule has 136 valence electrons. The lowest BCUT2D eigenvalue weighted by atomic mass is 9.89. The molecular weight excluding hydrogens is 338 g/mol. The maximum Gasteiger partial charge on any atom is 0.253 e. The number of aromatic amines is 2. The number of likely N-dealkylation sites (tertiary alicyclic amines) is 1. The van der Waals surface area contributed by atoms with Crippen molar-refractivity contribution in [2.75, 3.05) is 13.1 Å². The lowest BCUT2D eigenvalue weighted by Crippen LogP contribution is -2.37. The van der Waals surface area contributed by atoms with E-state index in [0.717, 1.165) is 54.0 Å². The first-order chi connectivity index (χ1) is 13.2. The van der Waals surface area contributed by atoms with Crippen molar-refractivity contribution in [1.82, 2.24) is 24.8 Å². The molecule has 0 bridgehead atoms. The zero-order valence-electron chi connectivity index (χ0n) is 15.2. The number of rotatable bonds is 2. The number of imidazole rings is 1. The molecule has 0 aliphatic carbocycles. The first-order valence-electron chi connectivity index (χ1n) is 9.37. The number of benzene rings is 1. The fourth-order valence-electron chi connectivity index (χ4n) is 4.16. The van der Waals surface area contributed by atoms with Gasteiger partial charge in [-0.2, -0.15) is 0 Å². The molecular formula is C21H21N5O. The highest BCUT2D eigenvalue weighted by molar-refractivity contribution is 5.97. The van der Waals surface area contributed by atoms with Crippen molar-refractivity contribution in [3.05, 3.63) is 59.7 Å². The van der Waals surface area contributed by atoms with Crippen molar-refractivity contribution >= 4 is 28.0 Å². The lowest BCUT2D eigenvalue weighted by molar-refractivity contribution is 0.0713. The number of nitrogens with one attached hydrogen (secondary N) is 2. The predicted molar refractivity (Wildman–Crippen MR) is 105 cm³/mol. The zero-order valence-corrected chi connectivity index (χ0v) is 15.2. The van der Waals surface area contributed by atoms with E-state index in [2.05, 4.69) is 32.2 Å². The van der Waals surface area contributed by atoms with Gasteiger partial charge in [-0.25, -0.2) is 9.97 Å². The molecule has 0 saturated carbocycles. The Bertz CT molecular complexity index is 1130. The maximum absolute atomic E-state index is 12.9. The summed E-state index contributed by atoms with van der Waals surface area (Å²) in [6.07, 6.45) is 5.83. The van der Waals surface area contributed by atoms with E-state index in [1.54, 1.807) is 0 Å². The number of aryl methyl sites for hydroxylation is 1. The van der Waals surface area contributed by atoms with Crippen LogP contribution in [0, 0.1) is 6.92 Å². The normalized spacial score (nSPS) is 15.7. The van der Waals surface area contributed by atoms with Crippen LogP contribution in [0.3, 0.4) is 0 Å². The minimum Gasteiger partial charge on any atom is -0.346 e. The summed E-state index contributed by atoms with van der Waals surface area (Å²) in [6.45, 7) is 3.47. The zero-order chi connectivity index (χ0) is 18.4. The Labute approximate surface area is 156 Å². The Morgan fingerprint density at radius 1 is 1.22 bits per heavy atom. The van der Waals surface area contributed by atoms with Crippen LogP contribution >= 0.6 is 0 Å². The van der Waals surface area contributed by atoms with Crippen molar-refractivity contribution in [2.24, 2.45) is 0 Å². The summed E-state index contributed by atoms with van der Waals surface area (Å²) in [5.74, 6) is 1.43. The summed E-state index contributed by atoms with van der Waals surface area (Å²) in [5, 5.41) is 1.20. The minimum atomic E-state index is 0.100. The molecule has 1 fully saturated rings. The molecule has 27 heavy (non-hydrogen) atoms. The van der Waals surface area contributed by atoms with Crippen molar-refractivity contribution in [2.45, 2.75) is 25.7 Å². The molecule has 6 nitrogen and oxygen atoms in total. The smallest absolute Gasteiger partial charge is 0.253 e. The molecule has 4 aromatic rings. The van der Waals surface area contributed by atoms with Crippen LogP contribution in [0.25, 0.3) is 22.1 Å². The fourth-order valence-corrected chi connectivity index (χ4v) is 4.16. The molecule has 6 heteroatoms. The van der Waals surface area contributed by atoms with Crippen LogP contribution in [-0.4, -0.2) is 43.8 Å². The number of nitrogens with zero attached hydrogens (tertiary/aromatic N) is 3. The summed E-state index contributed by atoms with van der Waals surface area (Å²) < 4.78 is 0. The molecule has 2 N–H and O–H groups in total. The Morgan fingerprint density at radius 3 is 2.93 bits per heavy atom. The third kappa shape index (κ3) is 2.77. The fraction of sp³-hybridized carbons (Fsp3) is 0.286. The second-order valence-electron chi connectivity index (χ2n) is 7.26. The van der Waals surface area contributed by atoms with Gasteiger partial charge in [0.2, 0.25) is 0 Å². The van der Waals surface area contributed by atoms with Crippen LogP contribution in [0.1, 0.15) is 40.5 Å². The quantitative estimate of drug-likeness (QED) is 0.572. The van der Waals surface area contributed by atoms with Crippen molar-refractivity contribution in [3.63, 3.8) is 0 Å². The van der Waals surface area contributed by atoms with Gasteiger partial charge in [0, 0.05) is 36.4 Å². The largest absolute Gasteiger partial charge is 0.346 e. The van der Waals surface area contributed by atoms with E-state index in [1.807, 2.05) is 42.3 Å². The second-order valence-corrected chi connectivity index (χ2v) is 7.26. The number of aromatic nitrogens is 4. The number of piperidine rings is 1. The number of pyridine rings is 1. The molecule has 1 aliphatic heterocycles. The SMILES string of the molecule is Cc1nc2ccc(C(=O)N3CCC(c4c[nH]c5ncccc45)CC3)cc2[nH]1. The molecule has 1 aliphatic rings. The van der Waals surface area contributed by atoms with E-state index in [9.17, 15) is 4.79 Å². The molecule has 0 unspecified atom stereocenters. The van der Waals surface area contributed by atoms with Crippen molar-refractivity contribution in [3.8, 4) is 0 Å². The van der Waals surface area contributed by atoms with Crippen LogP contribution in [-0.2, 0) is 0 Å². The van der Waals surface area contributed by atoms with Crippen LogP contribution in [0.15, 0.2) is 42.7 Å². The summed E-state index contributed by atoms with van der Waals surface area (Å²) in [6, 6.07) is 9.80. The highest BCUT2D eigenvalue weighted by Gasteiger charge is 2.26. The number of hydrogen-bond donors (Lipinski definition) is 2. The van der Waals surface area contributed by atoms with E-state index in [1.165, 1.54) is 10.9 Å². The number of carbonyl (C=O) groups excluding carboxylic acids is 1. The molecule has 0 spiro atoms. The van der Waals surface area contributed by atoms with Crippen LogP contribution in [0.5, 0.6) is 0 Å². The number of amides is 1. The highest BCUT2D eigenvalue weighted by Crippen LogP contribution is 2.33. The van der Waals surface area contributed by atoms with Gasteiger partial charge in [0.15, 0.2) is 0 Å². The van der Waals surface area contributed by atoms with Crippen molar-refractivity contribution < 1.29 is 4.79 Å². The standard InChI is InChI=1S/C21H21N5O/c1-13-24-18-5-4-15(11-19(18)25-13)21(27)26-9-6-14(7-10-26)17-12-23-20-16(17)3-2-8-22-20/h2-5,8,11-12,14H,6-7,9-10H2,1H3,(H,22,23)(H,24,25). The Kier molecular flexibility index (Phi) is 3.70. The molecule has 0 atom stereocenters. The van der Waals surface area contributed by atoms with E-state index in [-0.39, 0.29) is 5.91 Å². The van der Waals surface area contributed by atoms with Gasteiger partial charge in [0.25, 0.3) is 5.91 Å². The molecule has 1 aromatic carbocycles. The third-order valence-electron chi connectivity index (χ3n) is 5.55. The van der Waals surface area contributed by atoms with Gasteiger partial charge in [-0.3, -0.25) is 4.79 Å². The highest BCUT2D eigenvalue weighted by atomic mass is 16.2. The van der Waals surface area contributed by atoms with Gasteiger partial charge in [-0.1, -0.05) is 0 Å². The second kappa shape index (κ2) is 6.23. The number of hydrogen-bond acceptors (Lipinski definition) is 3. The molecule has 5 rings (SSSR count). The number of H-pyrrole nitrogens is 2. The van der Waals surface area contributed by atoms with Gasteiger partial charge in [-0.05, 0) is 61.6 Å². The van der Waals surface area contributed by atoms with Crippen LogP contribution < -0.4 is 0 Å². The first-order valence-corrected chi connectivity index (χ1v) is 9.37. The third-order valence-corrected chi connectivity index (χ3v) is 5.55.